The van der Waals surface area contributed by atoms with E-state index in [0.29, 0.717) is 34.7 Å². The van der Waals surface area contributed by atoms with Gasteiger partial charge in [0, 0.05) is 13.1 Å². The molecular formula is C17H29F3IN5O2S. The zero-order chi connectivity index (χ0) is 21.3. The number of nitrogens with one attached hydrogen (secondary N) is 2. The lowest BCUT2D eigenvalue weighted by molar-refractivity contribution is -0.142. The maximum absolute atomic E-state index is 12.4. The molecule has 0 fully saturated rings. The van der Waals surface area contributed by atoms with E-state index >= 15 is 0 Å². The number of hydrogen-bond donors (Lipinski definition) is 2. The molecule has 0 saturated carbocycles. The number of ether oxygens (including phenoxy) is 1. The summed E-state index contributed by atoms with van der Waals surface area (Å²) < 4.78 is 42.1. The van der Waals surface area contributed by atoms with Crippen LogP contribution in [0.3, 0.4) is 0 Å². The lowest BCUT2D eigenvalue weighted by Crippen LogP contribution is -2.39. The van der Waals surface area contributed by atoms with Crippen LogP contribution in [-0.4, -0.2) is 67.8 Å². The molecule has 12 heteroatoms. The molecule has 0 spiro atoms. The number of thiazole rings is 1. The summed E-state index contributed by atoms with van der Waals surface area (Å²) in [7, 11) is 1.40. The lowest BCUT2D eigenvalue weighted by Gasteiger charge is -2.19. The molecule has 0 aliphatic rings. The third-order valence-electron chi connectivity index (χ3n) is 3.54. The largest absolute Gasteiger partial charge is 0.462 e. The number of guanidine groups is 1. The van der Waals surface area contributed by atoms with Crippen LogP contribution in [0.25, 0.3) is 0 Å². The maximum Gasteiger partial charge on any atom is 0.401 e. The second kappa shape index (κ2) is 13.2. The van der Waals surface area contributed by atoms with Gasteiger partial charge in [0.05, 0.1) is 31.4 Å². The maximum atomic E-state index is 12.4. The van der Waals surface area contributed by atoms with Crippen molar-refractivity contribution in [3.05, 3.63) is 15.6 Å². The molecule has 0 aliphatic heterocycles. The van der Waals surface area contributed by atoms with Crippen molar-refractivity contribution in [1.82, 2.24) is 20.5 Å². The second-order valence-corrected chi connectivity index (χ2v) is 7.20. The van der Waals surface area contributed by atoms with Crippen molar-refractivity contribution in [3.63, 3.8) is 0 Å². The minimum atomic E-state index is -4.23. The van der Waals surface area contributed by atoms with E-state index in [1.54, 1.807) is 13.8 Å². The van der Waals surface area contributed by atoms with E-state index in [9.17, 15) is 18.0 Å². The van der Waals surface area contributed by atoms with Crippen LogP contribution in [0.4, 0.5) is 13.2 Å². The topological polar surface area (TPSA) is 78.9 Å². The Morgan fingerprint density at radius 2 is 2.03 bits per heavy atom. The minimum Gasteiger partial charge on any atom is -0.462 e. The van der Waals surface area contributed by atoms with Crippen LogP contribution in [0.2, 0.25) is 0 Å². The highest BCUT2D eigenvalue weighted by Gasteiger charge is 2.28. The van der Waals surface area contributed by atoms with Gasteiger partial charge in [0.25, 0.3) is 0 Å². The number of hydrogen-bond acceptors (Lipinski definition) is 6. The number of carbonyl (C=O) groups is 1. The van der Waals surface area contributed by atoms with Gasteiger partial charge in [0.15, 0.2) is 5.96 Å². The standard InChI is InChI=1S/C17H28F3N5O2S.HI/c1-6-21-16(22-8-9-25(5)10-17(18,19)20)24-12(4)14-23-11(3)13(28-14)15(26)27-7-2;/h12H,6-10H2,1-5H3,(H2,21,22,24);1H. The van der Waals surface area contributed by atoms with E-state index in [4.69, 9.17) is 4.74 Å². The second-order valence-electron chi connectivity index (χ2n) is 6.17. The predicted molar refractivity (Wildman–Crippen MR) is 119 cm³/mol. The number of halogens is 4. The van der Waals surface area contributed by atoms with Crippen molar-refractivity contribution in [2.45, 2.75) is 39.9 Å². The number of likely N-dealkylation sites (N-methyl/N-ethyl adjacent to an activating group) is 1. The van der Waals surface area contributed by atoms with Gasteiger partial charge in [0.1, 0.15) is 9.88 Å². The quantitative estimate of drug-likeness (QED) is 0.212. The summed E-state index contributed by atoms with van der Waals surface area (Å²) in [5, 5.41) is 6.91. The van der Waals surface area contributed by atoms with E-state index in [1.807, 2.05) is 13.8 Å². The van der Waals surface area contributed by atoms with Gasteiger partial charge in [0.2, 0.25) is 0 Å². The van der Waals surface area contributed by atoms with E-state index in [1.165, 1.54) is 23.3 Å². The SMILES string of the molecule is CCNC(=NCCN(C)CC(F)(F)F)NC(C)c1nc(C)c(C(=O)OCC)s1.I. The molecule has 168 valence electrons. The van der Waals surface area contributed by atoms with Gasteiger partial charge in [-0.05, 0) is 34.7 Å². The Hall–Kier alpha value is -1.15. The molecule has 0 radical (unpaired) electrons. The van der Waals surface area contributed by atoms with E-state index < -0.39 is 18.7 Å². The Morgan fingerprint density at radius 3 is 2.59 bits per heavy atom. The third-order valence-corrected chi connectivity index (χ3v) is 4.86. The Labute approximate surface area is 190 Å². The normalized spacial score (nSPS) is 13.1. The lowest BCUT2D eigenvalue weighted by atomic mass is 10.3. The van der Waals surface area contributed by atoms with Crippen LogP contribution in [0, 0.1) is 6.92 Å². The van der Waals surface area contributed by atoms with Crippen LogP contribution in [0.15, 0.2) is 4.99 Å². The first kappa shape index (κ1) is 27.8. The number of rotatable bonds is 9. The van der Waals surface area contributed by atoms with Gasteiger partial charge < -0.3 is 15.4 Å². The predicted octanol–water partition coefficient (Wildman–Crippen LogP) is 3.36. The first-order valence-electron chi connectivity index (χ1n) is 9.01. The smallest absolute Gasteiger partial charge is 0.401 e. The van der Waals surface area contributed by atoms with Gasteiger partial charge in [-0.25, -0.2) is 9.78 Å². The average Bonchev–Trinajstić information content (AvgIpc) is 2.95. The van der Waals surface area contributed by atoms with Gasteiger partial charge in [-0.1, -0.05) is 0 Å². The highest BCUT2D eigenvalue weighted by molar-refractivity contribution is 14.0. The van der Waals surface area contributed by atoms with Gasteiger partial charge in [-0.15, -0.1) is 35.3 Å². The van der Waals surface area contributed by atoms with Crippen molar-refractivity contribution in [2.75, 3.05) is 39.8 Å². The Kier molecular flexibility index (Phi) is 12.7. The summed E-state index contributed by atoms with van der Waals surface area (Å²) in [5.74, 6) is 0.0742. The highest BCUT2D eigenvalue weighted by Crippen LogP contribution is 2.24. The number of aliphatic imine (C=N–C) groups is 1. The fourth-order valence-corrected chi connectivity index (χ4v) is 3.26. The summed E-state index contributed by atoms with van der Waals surface area (Å²) >= 11 is 1.25. The number of esters is 1. The van der Waals surface area contributed by atoms with E-state index in [0.717, 1.165) is 0 Å². The number of carbonyl (C=O) groups excluding carboxylic acids is 1. The monoisotopic (exact) mass is 551 g/mol. The van der Waals surface area contributed by atoms with Crippen molar-refractivity contribution in [3.8, 4) is 0 Å². The zero-order valence-corrected chi connectivity index (χ0v) is 20.4. The number of aromatic nitrogens is 1. The Balaban J connectivity index is 0.00000784. The molecule has 1 rings (SSSR count). The fraction of sp³-hybridized carbons (Fsp3) is 0.706. The molecule has 1 aromatic rings. The zero-order valence-electron chi connectivity index (χ0n) is 17.2. The number of aryl methyl sites for hydroxylation is 1. The molecule has 0 saturated heterocycles. The molecule has 0 bridgehead atoms. The van der Waals surface area contributed by atoms with Crippen LogP contribution >= 0.6 is 35.3 Å². The molecule has 0 amide bonds. The van der Waals surface area contributed by atoms with Crippen LogP contribution < -0.4 is 10.6 Å². The van der Waals surface area contributed by atoms with Crippen molar-refractivity contribution < 1.29 is 22.7 Å². The first-order chi connectivity index (χ1) is 13.1. The first-order valence-corrected chi connectivity index (χ1v) is 9.83. The molecule has 1 atom stereocenters. The highest BCUT2D eigenvalue weighted by atomic mass is 127. The van der Waals surface area contributed by atoms with Crippen LogP contribution in [-0.2, 0) is 4.74 Å². The van der Waals surface area contributed by atoms with Crippen molar-refractivity contribution in [1.29, 1.82) is 0 Å². The van der Waals surface area contributed by atoms with Crippen molar-refractivity contribution in [2.24, 2.45) is 4.99 Å². The molecule has 1 unspecified atom stereocenters. The number of alkyl halides is 3. The molecule has 7 nitrogen and oxygen atoms in total. The van der Waals surface area contributed by atoms with Gasteiger partial charge in [-0.3, -0.25) is 9.89 Å². The molecular weight excluding hydrogens is 522 g/mol. The van der Waals surface area contributed by atoms with Crippen LogP contribution in [0.1, 0.15) is 47.2 Å². The molecule has 1 aromatic heterocycles. The average molecular weight is 551 g/mol. The summed E-state index contributed by atoms with van der Waals surface area (Å²) in [4.78, 5) is 22.3. The summed E-state index contributed by atoms with van der Waals surface area (Å²) in [6, 6.07) is -0.238. The third kappa shape index (κ3) is 10.4. The molecule has 1 heterocycles. The van der Waals surface area contributed by atoms with Gasteiger partial charge in [-0.2, -0.15) is 13.2 Å². The molecule has 0 aliphatic carbocycles. The molecule has 29 heavy (non-hydrogen) atoms. The van der Waals surface area contributed by atoms with E-state index in [-0.39, 0.29) is 43.1 Å². The summed E-state index contributed by atoms with van der Waals surface area (Å²) in [5.41, 5.74) is 0.600. The summed E-state index contributed by atoms with van der Waals surface area (Å²) in [6.45, 7) is 7.55. The molecule has 2 N–H and O–H groups in total. The molecule has 0 aromatic carbocycles. The Morgan fingerprint density at radius 1 is 1.38 bits per heavy atom. The minimum absolute atomic E-state index is 0. The summed E-state index contributed by atoms with van der Waals surface area (Å²) in [6.07, 6.45) is -4.23. The van der Waals surface area contributed by atoms with Crippen molar-refractivity contribution >= 4 is 47.2 Å². The number of nitrogens with zero attached hydrogens (tertiary/aromatic N) is 3. The van der Waals surface area contributed by atoms with Crippen LogP contribution in [0.5, 0.6) is 0 Å². The van der Waals surface area contributed by atoms with Gasteiger partial charge >= 0.3 is 12.1 Å². The fourth-order valence-electron chi connectivity index (χ4n) is 2.29. The van der Waals surface area contributed by atoms with E-state index in [2.05, 4.69) is 20.6 Å². The Bertz CT molecular complexity index is 670.